The molecule has 3 rings (SSSR count). The van der Waals surface area contributed by atoms with Gasteiger partial charge in [-0.25, -0.2) is 4.79 Å². The first kappa shape index (κ1) is 19.9. The van der Waals surface area contributed by atoms with E-state index in [1.54, 1.807) is 19.1 Å². The van der Waals surface area contributed by atoms with Crippen LogP contribution in [0.15, 0.2) is 35.9 Å². The number of rotatable bonds is 4. The molecule has 0 bridgehead atoms. The number of hydrogen-bond donors (Lipinski definition) is 1. The van der Waals surface area contributed by atoms with E-state index in [4.69, 9.17) is 30.9 Å². The quantitative estimate of drug-likeness (QED) is 0.741. The van der Waals surface area contributed by atoms with Crippen LogP contribution in [-0.2, 0) is 4.79 Å². The minimum absolute atomic E-state index is 0.141. The molecule has 2 aromatic rings. The van der Waals surface area contributed by atoms with Crippen LogP contribution < -0.4 is 14.2 Å². The summed E-state index contributed by atoms with van der Waals surface area (Å²) in [7, 11) is 1.48. The number of fused-ring (bicyclic) bond motifs is 1. The Labute approximate surface area is 162 Å². The standard InChI is InChI=1S/C19H14ClF3O5/c1-9-5-10-6-12(18(24)25)17(19(21,22)23)28-16(10)8-15(9)27-14-4-3-11(26-2)7-13(14)20/h3-8,17H,1-2H3,(H,24,25). The summed E-state index contributed by atoms with van der Waals surface area (Å²) < 4.78 is 55.3. The lowest BCUT2D eigenvalue weighted by Crippen LogP contribution is -2.40. The van der Waals surface area contributed by atoms with Gasteiger partial charge in [-0.05, 0) is 36.8 Å². The van der Waals surface area contributed by atoms with Gasteiger partial charge in [-0.1, -0.05) is 11.6 Å². The molecule has 148 valence electrons. The van der Waals surface area contributed by atoms with E-state index in [0.717, 1.165) is 6.08 Å². The summed E-state index contributed by atoms with van der Waals surface area (Å²) in [5.74, 6) is -0.829. The van der Waals surface area contributed by atoms with Gasteiger partial charge in [0.2, 0.25) is 6.10 Å². The van der Waals surface area contributed by atoms with Crippen molar-refractivity contribution >= 4 is 23.6 Å². The average Bonchev–Trinajstić information content (AvgIpc) is 2.62. The Kier molecular flexibility index (Phi) is 5.16. The number of alkyl halides is 3. The second-order valence-corrected chi connectivity index (χ2v) is 6.41. The van der Waals surface area contributed by atoms with Gasteiger partial charge in [0.05, 0.1) is 17.7 Å². The Balaban J connectivity index is 2.00. The molecule has 2 aromatic carbocycles. The fourth-order valence-electron chi connectivity index (χ4n) is 2.68. The van der Waals surface area contributed by atoms with E-state index in [0.29, 0.717) is 11.3 Å². The van der Waals surface area contributed by atoms with Crippen LogP contribution in [0.4, 0.5) is 13.2 Å². The SMILES string of the molecule is COc1ccc(Oc2cc3c(cc2C)C=C(C(=O)O)C(C(F)(F)F)O3)c(Cl)c1. The van der Waals surface area contributed by atoms with Gasteiger partial charge in [-0.2, -0.15) is 13.2 Å². The van der Waals surface area contributed by atoms with Gasteiger partial charge in [0.15, 0.2) is 0 Å². The van der Waals surface area contributed by atoms with Crippen molar-refractivity contribution < 1.29 is 37.3 Å². The van der Waals surface area contributed by atoms with E-state index in [9.17, 15) is 18.0 Å². The van der Waals surface area contributed by atoms with Crippen molar-refractivity contribution in [1.82, 2.24) is 0 Å². The van der Waals surface area contributed by atoms with Crippen molar-refractivity contribution in [3.63, 3.8) is 0 Å². The molecule has 0 fully saturated rings. The van der Waals surface area contributed by atoms with Crippen molar-refractivity contribution in [3.8, 4) is 23.0 Å². The molecule has 1 N–H and O–H groups in total. The minimum Gasteiger partial charge on any atom is -0.497 e. The van der Waals surface area contributed by atoms with Gasteiger partial charge < -0.3 is 19.3 Å². The van der Waals surface area contributed by atoms with Gasteiger partial charge in [0, 0.05) is 17.7 Å². The summed E-state index contributed by atoms with van der Waals surface area (Å²) in [6, 6.07) is 7.47. The smallest absolute Gasteiger partial charge is 0.430 e. The Morgan fingerprint density at radius 3 is 2.50 bits per heavy atom. The maximum Gasteiger partial charge on any atom is 0.430 e. The maximum atomic E-state index is 13.2. The summed E-state index contributed by atoms with van der Waals surface area (Å²) in [5.41, 5.74) is -0.115. The highest BCUT2D eigenvalue weighted by molar-refractivity contribution is 6.32. The van der Waals surface area contributed by atoms with Gasteiger partial charge in [-0.3, -0.25) is 0 Å². The zero-order valence-electron chi connectivity index (χ0n) is 14.6. The zero-order chi connectivity index (χ0) is 20.6. The molecule has 1 heterocycles. The molecule has 0 saturated heterocycles. The Hall–Kier alpha value is -2.87. The third-order valence-corrected chi connectivity index (χ3v) is 4.34. The van der Waals surface area contributed by atoms with E-state index in [2.05, 4.69) is 0 Å². The summed E-state index contributed by atoms with van der Waals surface area (Å²) in [6.07, 6.45) is -6.50. The first-order chi connectivity index (χ1) is 13.1. The molecule has 1 unspecified atom stereocenters. The first-order valence-corrected chi connectivity index (χ1v) is 8.32. The van der Waals surface area contributed by atoms with Crippen LogP contribution in [0.25, 0.3) is 6.08 Å². The van der Waals surface area contributed by atoms with E-state index in [-0.39, 0.29) is 27.8 Å². The predicted molar refractivity (Wildman–Crippen MR) is 95.3 cm³/mol. The molecule has 1 aliphatic heterocycles. The van der Waals surface area contributed by atoms with Crippen LogP contribution >= 0.6 is 11.6 Å². The molecule has 0 aliphatic carbocycles. The Morgan fingerprint density at radius 1 is 1.21 bits per heavy atom. The van der Waals surface area contributed by atoms with Crippen LogP contribution in [0, 0.1) is 6.92 Å². The number of aryl methyl sites for hydroxylation is 1. The van der Waals surface area contributed by atoms with E-state index >= 15 is 0 Å². The number of methoxy groups -OCH3 is 1. The summed E-state index contributed by atoms with van der Waals surface area (Å²) >= 11 is 6.13. The number of benzene rings is 2. The number of carbonyl (C=O) groups is 1. The fraction of sp³-hybridized carbons (Fsp3) is 0.211. The highest BCUT2D eigenvalue weighted by Gasteiger charge is 2.48. The van der Waals surface area contributed by atoms with Crippen molar-refractivity contribution in [2.24, 2.45) is 0 Å². The number of ether oxygens (including phenoxy) is 3. The van der Waals surface area contributed by atoms with Crippen molar-refractivity contribution in [3.05, 3.63) is 52.1 Å². The van der Waals surface area contributed by atoms with Crippen LogP contribution in [-0.4, -0.2) is 30.5 Å². The monoisotopic (exact) mass is 414 g/mol. The van der Waals surface area contributed by atoms with E-state index < -0.39 is 23.8 Å². The van der Waals surface area contributed by atoms with Crippen LogP contribution in [0.3, 0.4) is 0 Å². The van der Waals surface area contributed by atoms with Gasteiger partial charge in [0.1, 0.15) is 23.0 Å². The molecule has 1 aliphatic rings. The molecule has 0 amide bonds. The molecular formula is C19H14ClF3O5. The Morgan fingerprint density at radius 2 is 1.93 bits per heavy atom. The largest absolute Gasteiger partial charge is 0.497 e. The molecule has 0 saturated carbocycles. The van der Waals surface area contributed by atoms with Crippen molar-refractivity contribution in [2.75, 3.05) is 7.11 Å². The lowest BCUT2D eigenvalue weighted by Gasteiger charge is -2.27. The van der Waals surface area contributed by atoms with Crippen LogP contribution in [0.1, 0.15) is 11.1 Å². The molecule has 9 heteroatoms. The van der Waals surface area contributed by atoms with E-state index in [1.165, 1.54) is 25.3 Å². The molecule has 0 radical (unpaired) electrons. The molecular weight excluding hydrogens is 401 g/mol. The lowest BCUT2D eigenvalue weighted by atomic mass is 9.99. The van der Waals surface area contributed by atoms with Crippen molar-refractivity contribution in [2.45, 2.75) is 19.2 Å². The van der Waals surface area contributed by atoms with Gasteiger partial charge in [0.25, 0.3) is 0 Å². The molecule has 5 nitrogen and oxygen atoms in total. The topological polar surface area (TPSA) is 65.0 Å². The third-order valence-electron chi connectivity index (χ3n) is 4.05. The molecule has 0 aromatic heterocycles. The highest BCUT2D eigenvalue weighted by atomic mass is 35.5. The number of halogens is 4. The predicted octanol–water partition coefficient (Wildman–Crippen LogP) is 5.24. The number of hydrogen-bond acceptors (Lipinski definition) is 4. The highest BCUT2D eigenvalue weighted by Crippen LogP contribution is 2.42. The number of aliphatic carboxylic acids is 1. The minimum atomic E-state index is -4.88. The normalized spacial score (nSPS) is 15.9. The Bertz CT molecular complexity index is 969. The summed E-state index contributed by atoms with van der Waals surface area (Å²) in [4.78, 5) is 11.2. The molecule has 28 heavy (non-hydrogen) atoms. The lowest BCUT2D eigenvalue weighted by molar-refractivity contribution is -0.187. The second kappa shape index (κ2) is 7.27. The van der Waals surface area contributed by atoms with Crippen molar-refractivity contribution in [1.29, 1.82) is 0 Å². The third kappa shape index (κ3) is 3.87. The summed E-state index contributed by atoms with van der Waals surface area (Å²) in [6.45, 7) is 1.66. The second-order valence-electron chi connectivity index (χ2n) is 6.00. The zero-order valence-corrected chi connectivity index (χ0v) is 15.4. The van der Waals surface area contributed by atoms with E-state index in [1.807, 2.05) is 0 Å². The number of carboxylic acids is 1. The summed E-state index contributed by atoms with van der Waals surface area (Å²) in [5, 5.41) is 9.34. The molecule has 0 spiro atoms. The number of carboxylic acid groups (broad SMARTS) is 1. The van der Waals surface area contributed by atoms with Gasteiger partial charge >= 0.3 is 12.1 Å². The first-order valence-electron chi connectivity index (χ1n) is 7.94. The van der Waals surface area contributed by atoms with Crippen LogP contribution in [0.5, 0.6) is 23.0 Å². The maximum absolute atomic E-state index is 13.2. The van der Waals surface area contributed by atoms with Gasteiger partial charge in [-0.15, -0.1) is 0 Å². The van der Waals surface area contributed by atoms with Crippen LogP contribution in [0.2, 0.25) is 5.02 Å². The molecule has 1 atom stereocenters. The fourth-order valence-corrected chi connectivity index (χ4v) is 2.89. The average molecular weight is 415 g/mol.